The lowest BCUT2D eigenvalue weighted by molar-refractivity contribution is 0.0992. The Kier molecular flexibility index (Phi) is 7.52. The Morgan fingerprint density at radius 2 is 2.20 bits per heavy atom. The Morgan fingerprint density at radius 1 is 1.40 bits per heavy atom. The third kappa shape index (κ3) is 5.53. The first-order chi connectivity index (χ1) is 11.5. The topological polar surface area (TPSA) is 58.5 Å². The van der Waals surface area contributed by atoms with Crippen LogP contribution in [0.5, 0.6) is 0 Å². The second-order valence-corrected chi connectivity index (χ2v) is 8.69. The molecule has 2 aliphatic heterocycles. The van der Waals surface area contributed by atoms with E-state index in [-0.39, 0.29) is 29.4 Å². The number of hydrogen-bond donors (Lipinski definition) is 2. The zero-order valence-corrected chi connectivity index (χ0v) is 18.8. The molecule has 0 aromatic carbocycles. The van der Waals surface area contributed by atoms with Crippen LogP contribution in [0.1, 0.15) is 57.7 Å². The zero-order valence-electron chi connectivity index (χ0n) is 15.7. The van der Waals surface area contributed by atoms with Gasteiger partial charge in [-0.15, -0.1) is 35.3 Å². The first-order valence-electron chi connectivity index (χ1n) is 9.11. The van der Waals surface area contributed by atoms with Crippen molar-refractivity contribution in [2.75, 3.05) is 13.1 Å². The minimum absolute atomic E-state index is 0. The van der Waals surface area contributed by atoms with E-state index in [9.17, 15) is 0 Å². The van der Waals surface area contributed by atoms with E-state index in [2.05, 4.69) is 43.7 Å². The van der Waals surface area contributed by atoms with Crippen LogP contribution in [-0.4, -0.2) is 42.3 Å². The first kappa shape index (κ1) is 20.9. The predicted octanol–water partition coefficient (Wildman–Crippen LogP) is 3.48. The highest BCUT2D eigenvalue weighted by atomic mass is 127. The first-order valence-corrected chi connectivity index (χ1v) is 9.99. The van der Waals surface area contributed by atoms with Crippen molar-refractivity contribution >= 4 is 41.3 Å². The Labute approximate surface area is 172 Å². The number of aromatic nitrogens is 1. The second kappa shape index (κ2) is 8.99. The maximum absolute atomic E-state index is 5.92. The fourth-order valence-corrected chi connectivity index (χ4v) is 4.33. The molecule has 3 heterocycles. The number of nitrogens with one attached hydrogen (secondary N) is 2. The Balaban J connectivity index is 0.00000225. The van der Waals surface area contributed by atoms with E-state index >= 15 is 0 Å². The molecule has 2 saturated heterocycles. The highest BCUT2D eigenvalue weighted by Crippen LogP contribution is 2.34. The predicted molar refractivity (Wildman–Crippen MR) is 115 cm³/mol. The molecular weight excluding hydrogens is 447 g/mol. The van der Waals surface area contributed by atoms with E-state index in [1.54, 1.807) is 11.3 Å². The monoisotopic (exact) mass is 478 g/mol. The summed E-state index contributed by atoms with van der Waals surface area (Å²) in [5.41, 5.74) is 1.30. The normalized spacial score (nSPS) is 25.8. The Hall–Kier alpha value is -0.410. The van der Waals surface area contributed by atoms with E-state index in [4.69, 9.17) is 14.7 Å². The lowest BCUT2D eigenvalue weighted by Gasteiger charge is -2.22. The van der Waals surface area contributed by atoms with Crippen molar-refractivity contribution in [2.45, 2.75) is 77.0 Å². The van der Waals surface area contributed by atoms with Gasteiger partial charge in [-0.05, 0) is 26.2 Å². The van der Waals surface area contributed by atoms with Crippen LogP contribution in [0.25, 0.3) is 0 Å². The van der Waals surface area contributed by atoms with E-state index in [0.717, 1.165) is 31.9 Å². The minimum Gasteiger partial charge on any atom is -0.373 e. The fourth-order valence-electron chi connectivity index (χ4n) is 3.32. The average molecular weight is 478 g/mol. The molecule has 0 amide bonds. The number of thiazole rings is 1. The molecule has 3 rings (SSSR count). The lowest BCUT2D eigenvalue weighted by atomic mass is 9.93. The zero-order chi connectivity index (χ0) is 17.2. The molecule has 0 saturated carbocycles. The molecule has 3 atom stereocenters. The van der Waals surface area contributed by atoms with Crippen LogP contribution in [0, 0.1) is 0 Å². The molecule has 0 aliphatic carbocycles. The van der Waals surface area contributed by atoms with Gasteiger partial charge in [0.25, 0.3) is 0 Å². The van der Waals surface area contributed by atoms with E-state index < -0.39 is 0 Å². The third-order valence-corrected chi connectivity index (χ3v) is 5.60. The van der Waals surface area contributed by atoms with Crippen LogP contribution in [0.15, 0.2) is 10.4 Å². The van der Waals surface area contributed by atoms with Gasteiger partial charge in [-0.25, -0.2) is 4.98 Å². The van der Waals surface area contributed by atoms with Crippen molar-refractivity contribution in [2.24, 2.45) is 4.99 Å². The van der Waals surface area contributed by atoms with E-state index in [0.29, 0.717) is 18.2 Å². The molecule has 25 heavy (non-hydrogen) atoms. The van der Waals surface area contributed by atoms with E-state index in [1.807, 2.05) is 0 Å². The van der Waals surface area contributed by atoms with Crippen LogP contribution in [0.2, 0.25) is 0 Å². The number of rotatable bonds is 5. The Bertz CT molecular complexity index is 584. The van der Waals surface area contributed by atoms with Gasteiger partial charge in [0, 0.05) is 30.3 Å². The van der Waals surface area contributed by atoms with Crippen molar-refractivity contribution in [3.8, 4) is 0 Å². The summed E-state index contributed by atoms with van der Waals surface area (Å²) < 4.78 is 5.92. The second-order valence-electron chi connectivity index (χ2n) is 7.75. The van der Waals surface area contributed by atoms with Crippen molar-refractivity contribution in [1.82, 2.24) is 15.6 Å². The SMILES string of the molecule is CCNC(=NCCc1nc(C(C)(C)C)cs1)NC1CC2CCC1O2.I. The largest absolute Gasteiger partial charge is 0.373 e. The molecular formula is C18H31IN4OS. The van der Waals surface area contributed by atoms with Crippen molar-refractivity contribution in [3.05, 3.63) is 16.1 Å². The Morgan fingerprint density at radius 3 is 2.76 bits per heavy atom. The summed E-state index contributed by atoms with van der Waals surface area (Å²) in [5.74, 6) is 0.909. The summed E-state index contributed by atoms with van der Waals surface area (Å²) in [4.78, 5) is 9.48. The standard InChI is InChI=1S/C18H30N4OS.HI/c1-5-19-17(21-13-10-12-6-7-14(13)23-12)20-9-8-16-22-15(11-24-16)18(2,3)4;/h11-14H,5-10H2,1-4H3,(H2,19,20,21);1H. The summed E-state index contributed by atoms with van der Waals surface area (Å²) in [5, 5.41) is 10.3. The minimum atomic E-state index is 0. The quantitative estimate of drug-likeness (QED) is 0.387. The van der Waals surface area contributed by atoms with E-state index in [1.165, 1.54) is 23.5 Å². The van der Waals surface area contributed by atoms with Crippen LogP contribution in [0.4, 0.5) is 0 Å². The molecule has 3 unspecified atom stereocenters. The van der Waals surface area contributed by atoms with Gasteiger partial charge in [0.05, 0.1) is 29.0 Å². The molecule has 1 aromatic rings. The summed E-state index contributed by atoms with van der Waals surface area (Å²) >= 11 is 1.74. The van der Waals surface area contributed by atoms with Crippen molar-refractivity contribution in [3.63, 3.8) is 0 Å². The number of hydrogen-bond acceptors (Lipinski definition) is 4. The van der Waals surface area contributed by atoms with Crippen molar-refractivity contribution < 1.29 is 4.74 Å². The summed E-state index contributed by atoms with van der Waals surface area (Å²) in [6.07, 6.45) is 5.22. The number of nitrogens with zero attached hydrogens (tertiary/aromatic N) is 2. The van der Waals surface area contributed by atoms with Gasteiger partial charge < -0.3 is 15.4 Å². The van der Waals surface area contributed by atoms with Crippen LogP contribution in [0.3, 0.4) is 0 Å². The van der Waals surface area contributed by atoms with Gasteiger partial charge in [0.1, 0.15) is 0 Å². The average Bonchev–Trinajstić information content (AvgIpc) is 3.22. The molecule has 0 spiro atoms. The van der Waals surface area contributed by atoms with Crippen LogP contribution in [-0.2, 0) is 16.6 Å². The van der Waals surface area contributed by atoms with Gasteiger partial charge >= 0.3 is 0 Å². The van der Waals surface area contributed by atoms with Gasteiger partial charge in [0.15, 0.2) is 5.96 Å². The van der Waals surface area contributed by atoms with Gasteiger partial charge in [-0.1, -0.05) is 20.8 Å². The molecule has 5 nitrogen and oxygen atoms in total. The number of guanidine groups is 1. The summed E-state index contributed by atoms with van der Waals surface area (Å²) in [6, 6.07) is 0.411. The van der Waals surface area contributed by atoms with Gasteiger partial charge in [-0.3, -0.25) is 4.99 Å². The lowest BCUT2D eigenvalue weighted by Crippen LogP contribution is -2.47. The number of ether oxygens (including phenoxy) is 1. The number of halogens is 1. The smallest absolute Gasteiger partial charge is 0.191 e. The highest BCUT2D eigenvalue weighted by molar-refractivity contribution is 14.0. The van der Waals surface area contributed by atoms with Crippen molar-refractivity contribution in [1.29, 1.82) is 0 Å². The van der Waals surface area contributed by atoms with Crippen LogP contribution >= 0.6 is 35.3 Å². The number of aliphatic imine (C=N–C) groups is 1. The van der Waals surface area contributed by atoms with Gasteiger partial charge in [-0.2, -0.15) is 0 Å². The molecule has 1 aromatic heterocycles. The molecule has 142 valence electrons. The summed E-state index contributed by atoms with van der Waals surface area (Å²) in [6.45, 7) is 10.3. The maximum Gasteiger partial charge on any atom is 0.191 e. The molecule has 2 N–H and O–H groups in total. The molecule has 0 radical (unpaired) electrons. The van der Waals surface area contributed by atoms with Crippen LogP contribution < -0.4 is 10.6 Å². The molecule has 2 bridgehead atoms. The molecule has 2 aliphatic rings. The molecule has 2 fully saturated rings. The third-order valence-electron chi connectivity index (χ3n) is 4.69. The maximum atomic E-state index is 5.92. The summed E-state index contributed by atoms with van der Waals surface area (Å²) in [7, 11) is 0. The highest BCUT2D eigenvalue weighted by Gasteiger charge is 2.41. The number of fused-ring (bicyclic) bond motifs is 2. The molecule has 7 heteroatoms. The van der Waals surface area contributed by atoms with Gasteiger partial charge in [0.2, 0.25) is 0 Å². The fraction of sp³-hybridized carbons (Fsp3) is 0.778.